The van der Waals surface area contributed by atoms with Gasteiger partial charge in [0.15, 0.2) is 6.61 Å². The predicted molar refractivity (Wildman–Crippen MR) is 123 cm³/mol. The summed E-state index contributed by atoms with van der Waals surface area (Å²) in [5, 5.41) is 9.32. The highest BCUT2D eigenvalue weighted by Crippen LogP contribution is 2.25. The molecule has 0 bridgehead atoms. The van der Waals surface area contributed by atoms with Crippen LogP contribution in [0.2, 0.25) is 5.02 Å². The Morgan fingerprint density at radius 2 is 1.73 bits per heavy atom. The van der Waals surface area contributed by atoms with E-state index in [0.717, 1.165) is 0 Å². The minimum absolute atomic E-state index is 0.148. The van der Waals surface area contributed by atoms with E-state index in [-0.39, 0.29) is 31.0 Å². The molecule has 0 aromatic heterocycles. The molecule has 1 fully saturated rings. The Labute approximate surface area is 198 Å². The monoisotopic (exact) mass is 489 g/mol. The molecule has 1 amide bonds. The van der Waals surface area contributed by atoms with E-state index in [0.29, 0.717) is 23.6 Å². The van der Waals surface area contributed by atoms with Gasteiger partial charge in [0.25, 0.3) is 5.91 Å². The summed E-state index contributed by atoms with van der Waals surface area (Å²) in [6.45, 7) is 0.105. The van der Waals surface area contributed by atoms with E-state index >= 15 is 0 Å². The number of piperidine rings is 1. The van der Waals surface area contributed by atoms with Crippen LogP contribution in [0.5, 0.6) is 0 Å². The van der Waals surface area contributed by atoms with Crippen molar-refractivity contribution in [2.45, 2.75) is 24.2 Å². The second-order valence-electron chi connectivity index (χ2n) is 7.53. The summed E-state index contributed by atoms with van der Waals surface area (Å²) in [5.74, 6) is -1.44. The first-order valence-corrected chi connectivity index (χ1v) is 12.3. The molecule has 174 valence electrons. The Hall–Kier alpha value is -2.93. The summed E-state index contributed by atoms with van der Waals surface area (Å²) in [6, 6.07) is 16.8. The van der Waals surface area contributed by atoms with Crippen LogP contribution in [0.4, 0.5) is 5.69 Å². The van der Waals surface area contributed by atoms with E-state index in [4.69, 9.17) is 21.6 Å². The van der Waals surface area contributed by atoms with E-state index < -0.39 is 34.4 Å². The van der Waals surface area contributed by atoms with Crippen molar-refractivity contribution in [3.63, 3.8) is 0 Å². The van der Waals surface area contributed by atoms with Gasteiger partial charge in [-0.15, -0.1) is 0 Å². The molecule has 1 aliphatic heterocycles. The highest BCUT2D eigenvalue weighted by molar-refractivity contribution is 7.89. The molecule has 3 rings (SSSR count). The molecule has 1 saturated heterocycles. The molecule has 1 heterocycles. The molecular weight excluding hydrogens is 466 g/mol. The predicted octanol–water partition coefficient (Wildman–Crippen LogP) is 3.23. The van der Waals surface area contributed by atoms with Gasteiger partial charge < -0.3 is 9.64 Å². The number of ether oxygens (including phenoxy) is 1. The molecule has 8 nitrogen and oxygen atoms in total. The topological polar surface area (TPSA) is 108 Å². The van der Waals surface area contributed by atoms with Crippen LogP contribution < -0.4 is 4.90 Å². The fourth-order valence-corrected chi connectivity index (χ4v) is 5.18. The molecule has 2 aromatic rings. The van der Waals surface area contributed by atoms with Crippen LogP contribution in [0.3, 0.4) is 0 Å². The van der Waals surface area contributed by atoms with Gasteiger partial charge in [0.1, 0.15) is 0 Å². The van der Waals surface area contributed by atoms with Gasteiger partial charge in [-0.25, -0.2) is 8.42 Å². The van der Waals surface area contributed by atoms with Gasteiger partial charge >= 0.3 is 5.97 Å². The van der Waals surface area contributed by atoms with E-state index in [9.17, 15) is 18.0 Å². The van der Waals surface area contributed by atoms with E-state index in [1.807, 2.05) is 12.1 Å². The van der Waals surface area contributed by atoms with Crippen LogP contribution in [-0.4, -0.2) is 50.8 Å². The molecule has 0 spiro atoms. The largest absolute Gasteiger partial charge is 0.455 e. The van der Waals surface area contributed by atoms with Crippen LogP contribution in [0, 0.1) is 17.2 Å². The molecule has 10 heteroatoms. The van der Waals surface area contributed by atoms with Gasteiger partial charge in [0.05, 0.1) is 23.3 Å². The molecule has 1 aliphatic rings. The van der Waals surface area contributed by atoms with E-state index in [1.54, 1.807) is 24.3 Å². The number of carbonyl (C=O) groups is 2. The second kappa shape index (κ2) is 11.3. The zero-order valence-corrected chi connectivity index (χ0v) is 19.5. The van der Waals surface area contributed by atoms with Gasteiger partial charge in [-0.05, 0) is 49.2 Å². The maximum Gasteiger partial charge on any atom is 0.309 e. The number of sulfonamides is 1. The van der Waals surface area contributed by atoms with Crippen LogP contribution >= 0.6 is 11.6 Å². The van der Waals surface area contributed by atoms with Crippen molar-refractivity contribution >= 4 is 39.2 Å². The number of nitriles is 1. The van der Waals surface area contributed by atoms with E-state index in [1.165, 1.54) is 33.5 Å². The standard InChI is InChI=1S/C23H24ClN3O5S/c24-19-7-9-21(10-8-19)33(30,31)26-15-11-18(12-16-26)23(29)32-17-22(28)27(14-4-13-25)20-5-2-1-3-6-20/h1-3,5-10,18H,4,11-12,14-17H2. The second-order valence-corrected chi connectivity index (χ2v) is 9.90. The average Bonchev–Trinajstić information content (AvgIpc) is 2.84. The number of nitrogens with zero attached hydrogens (tertiary/aromatic N) is 3. The minimum Gasteiger partial charge on any atom is -0.455 e. The van der Waals surface area contributed by atoms with Gasteiger partial charge in [-0.1, -0.05) is 29.8 Å². The summed E-state index contributed by atoms with van der Waals surface area (Å²) >= 11 is 5.83. The van der Waals surface area contributed by atoms with Crippen LogP contribution in [0.15, 0.2) is 59.5 Å². The van der Waals surface area contributed by atoms with Crippen LogP contribution in [-0.2, 0) is 24.3 Å². The first-order chi connectivity index (χ1) is 15.8. The molecular formula is C23H24ClN3O5S. The summed E-state index contributed by atoms with van der Waals surface area (Å²) in [7, 11) is -3.67. The lowest BCUT2D eigenvalue weighted by molar-refractivity contribution is -0.153. The van der Waals surface area contributed by atoms with Gasteiger partial charge in [-0.2, -0.15) is 9.57 Å². The summed E-state index contributed by atoms with van der Waals surface area (Å²) < 4.78 is 32.1. The van der Waals surface area contributed by atoms with Crippen LogP contribution in [0.25, 0.3) is 0 Å². The maximum absolute atomic E-state index is 12.8. The number of esters is 1. The zero-order valence-electron chi connectivity index (χ0n) is 17.9. The molecule has 0 unspecified atom stereocenters. The molecule has 0 saturated carbocycles. The number of carbonyl (C=O) groups excluding carboxylic acids is 2. The zero-order chi connectivity index (χ0) is 23.8. The number of hydrogen-bond acceptors (Lipinski definition) is 6. The Morgan fingerprint density at radius 3 is 2.33 bits per heavy atom. The van der Waals surface area contributed by atoms with Crippen molar-refractivity contribution < 1.29 is 22.7 Å². The average molecular weight is 490 g/mol. The Morgan fingerprint density at radius 1 is 1.09 bits per heavy atom. The fraction of sp³-hybridized carbons (Fsp3) is 0.348. The Kier molecular flexibility index (Phi) is 8.44. The summed E-state index contributed by atoms with van der Waals surface area (Å²) in [4.78, 5) is 26.7. The number of benzene rings is 2. The third-order valence-corrected chi connectivity index (χ3v) is 7.56. The highest BCUT2D eigenvalue weighted by Gasteiger charge is 2.33. The molecule has 0 radical (unpaired) electrons. The van der Waals surface area contributed by atoms with Crippen molar-refractivity contribution in [1.29, 1.82) is 5.26 Å². The van der Waals surface area contributed by atoms with Crippen molar-refractivity contribution in [2.24, 2.45) is 5.92 Å². The molecule has 0 atom stereocenters. The van der Waals surface area contributed by atoms with Crippen molar-refractivity contribution in [1.82, 2.24) is 4.31 Å². The number of amides is 1. The third-order valence-electron chi connectivity index (χ3n) is 5.39. The van der Waals surface area contributed by atoms with Gasteiger partial charge in [0.2, 0.25) is 10.0 Å². The summed E-state index contributed by atoms with van der Waals surface area (Å²) in [6.07, 6.45) is 0.752. The summed E-state index contributed by atoms with van der Waals surface area (Å²) in [5.41, 5.74) is 0.620. The van der Waals surface area contributed by atoms with E-state index in [2.05, 4.69) is 0 Å². The Balaban J connectivity index is 1.54. The molecule has 0 N–H and O–H groups in total. The number of rotatable bonds is 8. The quantitative estimate of drug-likeness (QED) is 0.527. The lowest BCUT2D eigenvalue weighted by Crippen LogP contribution is -2.41. The lowest BCUT2D eigenvalue weighted by atomic mass is 9.98. The number of para-hydroxylation sites is 1. The SMILES string of the molecule is N#CCCN(C(=O)COC(=O)C1CCN(S(=O)(=O)c2ccc(Cl)cc2)CC1)c1ccccc1. The van der Waals surface area contributed by atoms with Gasteiger partial charge in [0, 0.05) is 30.3 Å². The normalized spacial score (nSPS) is 14.9. The lowest BCUT2D eigenvalue weighted by Gasteiger charge is -2.30. The minimum atomic E-state index is -3.67. The Bertz CT molecular complexity index is 1110. The highest BCUT2D eigenvalue weighted by atomic mass is 35.5. The third kappa shape index (κ3) is 6.32. The van der Waals surface area contributed by atoms with Crippen molar-refractivity contribution in [3.8, 4) is 6.07 Å². The van der Waals surface area contributed by atoms with Crippen LogP contribution in [0.1, 0.15) is 19.3 Å². The first kappa shape index (κ1) is 24.7. The molecule has 2 aromatic carbocycles. The maximum atomic E-state index is 12.8. The smallest absolute Gasteiger partial charge is 0.309 e. The first-order valence-electron chi connectivity index (χ1n) is 10.5. The van der Waals surface area contributed by atoms with Gasteiger partial charge in [-0.3, -0.25) is 9.59 Å². The fourth-order valence-electron chi connectivity index (χ4n) is 3.58. The van der Waals surface area contributed by atoms with Crippen molar-refractivity contribution in [3.05, 3.63) is 59.6 Å². The number of hydrogen-bond donors (Lipinski definition) is 0. The number of halogens is 1. The molecule has 33 heavy (non-hydrogen) atoms. The molecule has 0 aliphatic carbocycles. The number of anilines is 1. The van der Waals surface area contributed by atoms with Crippen molar-refractivity contribution in [2.75, 3.05) is 31.1 Å².